The highest BCUT2D eigenvalue weighted by molar-refractivity contribution is 7.68. The number of benzene rings is 2. The van der Waals surface area contributed by atoms with Gasteiger partial charge in [-0.25, -0.2) is 4.67 Å². The lowest BCUT2D eigenvalue weighted by Crippen LogP contribution is -2.40. The molecule has 2 aromatic carbocycles. The minimum absolute atomic E-state index is 0.213. The summed E-state index contributed by atoms with van der Waals surface area (Å²) in [5.41, 5.74) is 1.69. The molecule has 0 atom stereocenters. The first-order valence-corrected chi connectivity index (χ1v) is 12.3. The molecule has 0 amide bonds. The number of hydrogen-bond donors (Lipinski definition) is 0. The minimum Gasteiger partial charge on any atom is -0.306 e. The van der Waals surface area contributed by atoms with E-state index < -0.39 is 7.29 Å². The summed E-state index contributed by atoms with van der Waals surface area (Å²) in [6.45, 7) is 1.97. The zero-order chi connectivity index (χ0) is 20.9. The Balaban J connectivity index is 1.99. The van der Waals surface area contributed by atoms with Crippen LogP contribution in [-0.2, 0) is 4.57 Å². The number of likely N-dealkylation sites (tertiary alicyclic amines) is 1. The second-order valence-electron chi connectivity index (χ2n) is 7.47. The average Bonchev–Trinajstić information content (AvgIpc) is 2.75. The van der Waals surface area contributed by atoms with Crippen LogP contribution in [0.25, 0.3) is 10.1 Å². The van der Waals surface area contributed by atoms with Gasteiger partial charge in [-0.05, 0) is 51.2 Å². The van der Waals surface area contributed by atoms with E-state index in [2.05, 4.69) is 11.9 Å². The van der Waals surface area contributed by atoms with Crippen molar-refractivity contribution in [2.75, 3.05) is 27.2 Å². The Kier molecular flexibility index (Phi) is 7.79. The van der Waals surface area contributed by atoms with E-state index in [4.69, 9.17) is 23.2 Å². The molecule has 2 aromatic rings. The molecule has 0 aliphatic carbocycles. The number of hydrogen-bond acceptors (Lipinski definition) is 2. The van der Waals surface area contributed by atoms with Gasteiger partial charge in [0.1, 0.15) is 0 Å². The lowest BCUT2D eigenvalue weighted by molar-refractivity contribution is 0.198. The molecule has 0 unspecified atom stereocenters. The summed E-state index contributed by atoms with van der Waals surface area (Å²) in [5, 5.41) is 0.949. The van der Waals surface area contributed by atoms with Gasteiger partial charge in [0.25, 0.3) is 0 Å². The van der Waals surface area contributed by atoms with Crippen molar-refractivity contribution in [1.82, 2.24) is 9.57 Å². The van der Waals surface area contributed by atoms with E-state index in [1.165, 1.54) is 0 Å². The summed E-state index contributed by atoms with van der Waals surface area (Å²) in [6, 6.07) is 19.4. The number of nitrogens with zero attached hydrogens (tertiary/aromatic N) is 2. The van der Waals surface area contributed by atoms with Crippen LogP contribution in [0.15, 0.2) is 72.3 Å². The Labute approximate surface area is 184 Å². The molecule has 3 rings (SSSR count). The third kappa shape index (κ3) is 5.84. The van der Waals surface area contributed by atoms with Crippen molar-refractivity contribution in [3.05, 3.63) is 83.4 Å². The van der Waals surface area contributed by atoms with Gasteiger partial charge in [0, 0.05) is 17.7 Å². The maximum Gasteiger partial charge on any atom is 0.196 e. The van der Waals surface area contributed by atoms with Gasteiger partial charge >= 0.3 is 0 Å². The highest BCUT2D eigenvalue weighted by Gasteiger charge is 2.32. The first kappa shape index (κ1) is 22.3. The standard InChI is InChI=1S/C23H27Cl2N2OP/c1-26-15-13-21(14-16-26)27(2)29(28,17-22(24)19-9-5-3-6-10-19)18-23(25)20-11-7-4-8-12-20/h3-12,17-18,21H,13-16H2,1-2H3/b22-17-,23-18-. The molecule has 0 bridgehead atoms. The van der Waals surface area contributed by atoms with E-state index in [-0.39, 0.29) is 6.04 Å². The van der Waals surface area contributed by atoms with E-state index in [1.54, 1.807) is 11.6 Å². The fourth-order valence-electron chi connectivity index (χ4n) is 3.51. The number of rotatable bonds is 6. The summed E-state index contributed by atoms with van der Waals surface area (Å²) in [5.74, 6) is 3.38. The van der Waals surface area contributed by atoms with Gasteiger partial charge in [-0.15, -0.1) is 0 Å². The summed E-state index contributed by atoms with van der Waals surface area (Å²) >= 11 is 13.2. The van der Waals surface area contributed by atoms with Gasteiger partial charge < -0.3 is 4.90 Å². The molecular weight excluding hydrogens is 422 g/mol. The highest BCUT2D eigenvalue weighted by atomic mass is 35.5. The fourth-order valence-corrected chi connectivity index (χ4v) is 6.73. The van der Waals surface area contributed by atoms with E-state index >= 15 is 0 Å². The minimum atomic E-state index is -3.11. The van der Waals surface area contributed by atoms with Crippen LogP contribution >= 0.6 is 30.5 Å². The van der Waals surface area contributed by atoms with Crippen LogP contribution in [0, 0.1) is 0 Å². The third-order valence-corrected chi connectivity index (χ3v) is 8.93. The number of halogens is 2. The molecule has 154 valence electrons. The van der Waals surface area contributed by atoms with Crippen LogP contribution in [0.3, 0.4) is 0 Å². The molecule has 3 nitrogen and oxygen atoms in total. The summed E-state index contributed by atoms with van der Waals surface area (Å²) in [7, 11) is 0.929. The molecule has 0 radical (unpaired) electrons. The van der Waals surface area contributed by atoms with Gasteiger partial charge in [0.2, 0.25) is 0 Å². The van der Waals surface area contributed by atoms with Crippen molar-refractivity contribution >= 4 is 40.6 Å². The Bertz CT molecular complexity index is 847. The monoisotopic (exact) mass is 448 g/mol. The van der Waals surface area contributed by atoms with E-state index in [1.807, 2.05) is 72.4 Å². The van der Waals surface area contributed by atoms with Crippen molar-refractivity contribution in [1.29, 1.82) is 0 Å². The Hall–Kier alpha value is -1.35. The normalized spacial score (nSPS) is 17.7. The Morgan fingerprint density at radius 1 is 0.931 bits per heavy atom. The third-order valence-electron chi connectivity index (χ3n) is 5.41. The van der Waals surface area contributed by atoms with Crippen LogP contribution < -0.4 is 0 Å². The van der Waals surface area contributed by atoms with Crippen molar-refractivity contribution in [2.24, 2.45) is 0 Å². The Morgan fingerprint density at radius 2 is 1.34 bits per heavy atom. The molecule has 0 spiro atoms. The topological polar surface area (TPSA) is 23.6 Å². The van der Waals surface area contributed by atoms with E-state index in [0.29, 0.717) is 10.1 Å². The lowest BCUT2D eigenvalue weighted by Gasteiger charge is -2.37. The molecule has 29 heavy (non-hydrogen) atoms. The fraction of sp³-hybridized carbons (Fsp3) is 0.304. The van der Waals surface area contributed by atoms with Gasteiger partial charge in [0.05, 0.1) is 10.1 Å². The largest absolute Gasteiger partial charge is 0.306 e. The smallest absolute Gasteiger partial charge is 0.196 e. The summed E-state index contributed by atoms with van der Waals surface area (Å²) in [4.78, 5) is 2.30. The van der Waals surface area contributed by atoms with E-state index in [0.717, 1.165) is 37.1 Å². The zero-order valence-corrected chi connectivity index (χ0v) is 19.2. The first-order chi connectivity index (χ1) is 13.9. The number of piperidine rings is 1. The highest BCUT2D eigenvalue weighted by Crippen LogP contribution is 2.57. The van der Waals surface area contributed by atoms with Crippen molar-refractivity contribution in [3.8, 4) is 0 Å². The summed E-state index contributed by atoms with van der Waals surface area (Å²) < 4.78 is 16.2. The predicted molar refractivity (Wildman–Crippen MR) is 126 cm³/mol. The van der Waals surface area contributed by atoms with E-state index in [9.17, 15) is 4.57 Å². The lowest BCUT2D eigenvalue weighted by atomic mass is 10.1. The molecule has 0 N–H and O–H groups in total. The van der Waals surface area contributed by atoms with Crippen LogP contribution in [0.5, 0.6) is 0 Å². The second kappa shape index (κ2) is 10.1. The van der Waals surface area contributed by atoms with Crippen molar-refractivity contribution < 1.29 is 4.57 Å². The maximum absolute atomic E-state index is 14.3. The van der Waals surface area contributed by atoms with Crippen molar-refractivity contribution in [3.63, 3.8) is 0 Å². The zero-order valence-electron chi connectivity index (χ0n) is 16.8. The van der Waals surface area contributed by atoms with Crippen LogP contribution in [0.4, 0.5) is 0 Å². The molecule has 1 aliphatic heterocycles. The molecule has 0 saturated carbocycles. The maximum atomic E-state index is 14.3. The SMILES string of the molecule is CN1CCC(N(C)P(=O)(/C=C(\Cl)c2ccccc2)/C=C(\Cl)c2ccccc2)CC1. The average molecular weight is 449 g/mol. The van der Waals surface area contributed by atoms with Crippen LogP contribution in [0.1, 0.15) is 24.0 Å². The van der Waals surface area contributed by atoms with Gasteiger partial charge in [-0.3, -0.25) is 4.57 Å². The van der Waals surface area contributed by atoms with Crippen molar-refractivity contribution in [2.45, 2.75) is 18.9 Å². The molecule has 1 heterocycles. The molecule has 1 saturated heterocycles. The van der Waals surface area contributed by atoms with Gasteiger partial charge in [-0.1, -0.05) is 83.9 Å². The molecule has 1 aliphatic rings. The van der Waals surface area contributed by atoms with Gasteiger partial charge in [-0.2, -0.15) is 0 Å². The predicted octanol–water partition coefficient (Wildman–Crippen LogP) is 6.77. The molecule has 1 fully saturated rings. The Morgan fingerprint density at radius 3 is 1.76 bits per heavy atom. The molecular formula is C23H27Cl2N2OP. The quantitative estimate of drug-likeness (QED) is 0.455. The van der Waals surface area contributed by atoms with Gasteiger partial charge in [0.15, 0.2) is 7.29 Å². The molecule has 6 heteroatoms. The van der Waals surface area contributed by atoms with Crippen LogP contribution in [-0.4, -0.2) is 42.8 Å². The van der Waals surface area contributed by atoms with Crippen LogP contribution in [0.2, 0.25) is 0 Å². The first-order valence-electron chi connectivity index (χ1n) is 9.78. The summed E-state index contributed by atoms with van der Waals surface area (Å²) in [6.07, 6.45) is 1.93. The second-order valence-corrected chi connectivity index (χ2v) is 10.8. The molecule has 0 aromatic heterocycles.